The number of imidazole rings is 1. The van der Waals surface area contributed by atoms with Crippen molar-refractivity contribution in [1.82, 2.24) is 14.9 Å². The smallest absolute Gasteiger partial charge is 0.413 e. The summed E-state index contributed by atoms with van der Waals surface area (Å²) >= 11 is 1.70. The van der Waals surface area contributed by atoms with E-state index in [1.54, 1.807) is 11.8 Å². The maximum atomic E-state index is 11.4. The molecule has 0 radical (unpaired) electrons. The summed E-state index contributed by atoms with van der Waals surface area (Å²) in [6.45, 7) is 8.90. The second kappa shape index (κ2) is 8.97. The summed E-state index contributed by atoms with van der Waals surface area (Å²) in [6.07, 6.45) is -0.547. The van der Waals surface area contributed by atoms with Crippen LogP contribution in [0.3, 0.4) is 0 Å². The van der Waals surface area contributed by atoms with Crippen LogP contribution in [0.5, 0.6) is 0 Å². The Bertz CT molecular complexity index is 1010. The van der Waals surface area contributed by atoms with E-state index in [1.807, 2.05) is 18.2 Å². The normalized spacial score (nSPS) is 15.0. The monoisotopic (exact) mass is 425 g/mol. The Balaban J connectivity index is 1.40. The minimum Gasteiger partial charge on any atom is -0.453 e. The number of anilines is 2. The summed E-state index contributed by atoms with van der Waals surface area (Å²) in [4.78, 5) is 26.1. The number of nitrogens with zero attached hydrogens (tertiary/aromatic N) is 3. The minimum atomic E-state index is -0.547. The highest BCUT2D eigenvalue weighted by Crippen LogP contribution is 2.31. The van der Waals surface area contributed by atoms with Crippen LogP contribution in [0.25, 0.3) is 11.0 Å². The molecule has 1 saturated heterocycles. The number of aromatic nitrogens is 2. The van der Waals surface area contributed by atoms with Crippen molar-refractivity contribution in [3.63, 3.8) is 0 Å². The molecular weight excluding hydrogens is 398 g/mol. The molecule has 2 N–H and O–H groups in total. The van der Waals surface area contributed by atoms with Gasteiger partial charge in [0.25, 0.3) is 0 Å². The van der Waals surface area contributed by atoms with Gasteiger partial charge in [-0.05, 0) is 56.3 Å². The topological polar surface area (TPSA) is 73.5 Å². The first-order valence-corrected chi connectivity index (χ1v) is 10.9. The molecule has 4 rings (SSSR count). The van der Waals surface area contributed by atoms with E-state index in [1.165, 1.54) is 17.7 Å². The number of fused-ring (bicyclic) bond motifs is 1. The van der Waals surface area contributed by atoms with Crippen molar-refractivity contribution in [3.8, 4) is 0 Å². The molecule has 0 aliphatic carbocycles. The molecule has 3 aromatic rings. The van der Waals surface area contributed by atoms with E-state index in [0.717, 1.165) is 42.1 Å². The van der Waals surface area contributed by atoms with Gasteiger partial charge in [-0.1, -0.05) is 11.8 Å². The zero-order chi connectivity index (χ0) is 21.1. The van der Waals surface area contributed by atoms with Crippen LogP contribution in [0, 0.1) is 0 Å². The van der Waals surface area contributed by atoms with E-state index in [4.69, 9.17) is 0 Å². The summed E-state index contributed by atoms with van der Waals surface area (Å²) in [5, 5.41) is 2.55. The number of hydrogen-bond donors (Lipinski definition) is 2. The summed E-state index contributed by atoms with van der Waals surface area (Å²) in [5.74, 6) is 0.376. The summed E-state index contributed by atoms with van der Waals surface area (Å²) in [7, 11) is 1.32. The fourth-order valence-corrected chi connectivity index (χ4v) is 4.46. The van der Waals surface area contributed by atoms with E-state index in [-0.39, 0.29) is 0 Å². The van der Waals surface area contributed by atoms with Crippen LogP contribution in [0.1, 0.15) is 13.8 Å². The molecule has 0 unspecified atom stereocenters. The molecule has 0 saturated carbocycles. The molecule has 7 nitrogen and oxygen atoms in total. The Hall–Kier alpha value is -2.71. The lowest BCUT2D eigenvalue weighted by molar-refractivity contribution is 0.186. The Morgan fingerprint density at radius 3 is 2.47 bits per heavy atom. The molecule has 0 bridgehead atoms. The van der Waals surface area contributed by atoms with Gasteiger partial charge in [0.15, 0.2) is 0 Å². The molecule has 1 aliphatic heterocycles. The largest absolute Gasteiger partial charge is 0.453 e. The Morgan fingerprint density at radius 1 is 1.10 bits per heavy atom. The Labute approximate surface area is 180 Å². The average molecular weight is 426 g/mol. The van der Waals surface area contributed by atoms with E-state index >= 15 is 0 Å². The van der Waals surface area contributed by atoms with Crippen molar-refractivity contribution in [2.24, 2.45) is 0 Å². The highest BCUT2D eigenvalue weighted by Gasteiger charge is 2.18. The maximum absolute atomic E-state index is 11.4. The molecule has 30 heavy (non-hydrogen) atoms. The number of rotatable bonds is 5. The first-order valence-electron chi connectivity index (χ1n) is 10.1. The van der Waals surface area contributed by atoms with Gasteiger partial charge in [0.05, 0.1) is 18.1 Å². The van der Waals surface area contributed by atoms with Gasteiger partial charge in [-0.3, -0.25) is 10.2 Å². The molecule has 2 aromatic carbocycles. The van der Waals surface area contributed by atoms with Gasteiger partial charge in [0.1, 0.15) is 0 Å². The first kappa shape index (κ1) is 20.6. The van der Waals surface area contributed by atoms with E-state index in [9.17, 15) is 4.79 Å². The zero-order valence-corrected chi connectivity index (χ0v) is 18.3. The summed E-state index contributed by atoms with van der Waals surface area (Å²) < 4.78 is 4.60. The van der Waals surface area contributed by atoms with Crippen molar-refractivity contribution >= 4 is 40.5 Å². The van der Waals surface area contributed by atoms with Crippen molar-refractivity contribution in [2.45, 2.75) is 29.7 Å². The van der Waals surface area contributed by atoms with Crippen LogP contribution < -0.4 is 10.2 Å². The first-order chi connectivity index (χ1) is 14.5. The number of carbonyl (C=O) groups excluding carboxylic acids is 1. The predicted octanol–water partition coefficient (Wildman–Crippen LogP) is 4.42. The van der Waals surface area contributed by atoms with Gasteiger partial charge in [-0.25, -0.2) is 9.78 Å². The molecule has 8 heteroatoms. The van der Waals surface area contributed by atoms with Crippen LogP contribution in [0.4, 0.5) is 16.4 Å². The lowest BCUT2D eigenvalue weighted by atomic mass is 10.2. The maximum Gasteiger partial charge on any atom is 0.413 e. The van der Waals surface area contributed by atoms with Crippen molar-refractivity contribution in [3.05, 3.63) is 42.5 Å². The van der Waals surface area contributed by atoms with Crippen LogP contribution in [-0.4, -0.2) is 60.3 Å². The molecule has 1 amide bonds. The van der Waals surface area contributed by atoms with Crippen molar-refractivity contribution < 1.29 is 9.53 Å². The van der Waals surface area contributed by atoms with Crippen LogP contribution in [0.15, 0.2) is 52.3 Å². The molecule has 1 fully saturated rings. The third-order valence-electron chi connectivity index (χ3n) is 5.34. The summed E-state index contributed by atoms with van der Waals surface area (Å²) in [6, 6.07) is 15.4. The number of hydrogen-bond acceptors (Lipinski definition) is 6. The number of aromatic amines is 1. The fourth-order valence-electron chi connectivity index (χ4n) is 3.61. The molecule has 2 heterocycles. The SMILES string of the molecule is COC(=O)Nc1nc2cc(Sc3ccc(N4CCN(C(C)C)CC4)cc3)ccc2[nH]1. The van der Waals surface area contributed by atoms with Gasteiger partial charge in [-0.2, -0.15) is 0 Å². The molecule has 1 aliphatic rings. The Morgan fingerprint density at radius 2 is 1.80 bits per heavy atom. The van der Waals surface area contributed by atoms with Gasteiger partial charge in [0, 0.05) is 47.7 Å². The number of carbonyl (C=O) groups is 1. The fraction of sp³-hybridized carbons (Fsp3) is 0.364. The standard InChI is InChI=1S/C22H27N5O2S/c1-15(2)26-10-12-27(13-11-26)16-4-6-17(7-5-16)30-18-8-9-19-20(14-18)24-21(23-19)25-22(28)29-3/h4-9,14-15H,10-13H2,1-3H3,(H2,23,24,25,28). The van der Waals surface area contributed by atoms with E-state index in [2.05, 4.69) is 67.9 Å². The zero-order valence-electron chi connectivity index (χ0n) is 17.5. The minimum absolute atomic E-state index is 0.376. The van der Waals surface area contributed by atoms with Crippen molar-refractivity contribution in [1.29, 1.82) is 0 Å². The molecule has 158 valence electrons. The number of amides is 1. The number of methoxy groups -OCH3 is 1. The lowest BCUT2D eigenvalue weighted by Gasteiger charge is -2.38. The average Bonchev–Trinajstić information content (AvgIpc) is 3.15. The highest BCUT2D eigenvalue weighted by atomic mass is 32.2. The van der Waals surface area contributed by atoms with Crippen molar-refractivity contribution in [2.75, 3.05) is 43.5 Å². The molecular formula is C22H27N5O2S. The van der Waals surface area contributed by atoms with Gasteiger partial charge in [0.2, 0.25) is 5.95 Å². The number of piperazine rings is 1. The lowest BCUT2D eigenvalue weighted by Crippen LogP contribution is -2.48. The van der Waals surface area contributed by atoms with Crippen LogP contribution in [0.2, 0.25) is 0 Å². The Kier molecular flexibility index (Phi) is 6.15. The highest BCUT2D eigenvalue weighted by molar-refractivity contribution is 7.99. The van der Waals surface area contributed by atoms with Gasteiger partial charge < -0.3 is 14.6 Å². The second-order valence-corrected chi connectivity index (χ2v) is 8.74. The van der Waals surface area contributed by atoms with Crippen LogP contribution >= 0.6 is 11.8 Å². The number of ether oxygens (including phenoxy) is 1. The van der Waals surface area contributed by atoms with Gasteiger partial charge >= 0.3 is 6.09 Å². The number of nitrogens with one attached hydrogen (secondary N) is 2. The van der Waals surface area contributed by atoms with Gasteiger partial charge in [-0.15, -0.1) is 0 Å². The molecule has 1 aromatic heterocycles. The van der Waals surface area contributed by atoms with Crippen LogP contribution in [-0.2, 0) is 4.74 Å². The third-order valence-corrected chi connectivity index (χ3v) is 6.34. The van der Waals surface area contributed by atoms with E-state index in [0.29, 0.717) is 12.0 Å². The quantitative estimate of drug-likeness (QED) is 0.630. The molecule has 0 spiro atoms. The summed E-state index contributed by atoms with van der Waals surface area (Å²) in [5.41, 5.74) is 2.94. The number of benzene rings is 2. The van der Waals surface area contributed by atoms with E-state index < -0.39 is 6.09 Å². The molecule has 0 atom stereocenters. The second-order valence-electron chi connectivity index (χ2n) is 7.59. The predicted molar refractivity (Wildman–Crippen MR) is 122 cm³/mol. The third kappa shape index (κ3) is 4.71. The number of H-pyrrole nitrogens is 1.